The maximum absolute atomic E-state index is 4.80. The number of piperazine rings is 1. The molecular weight excluding hydrogens is 445 g/mol. The molecule has 2 atom stereocenters. The zero-order valence-electron chi connectivity index (χ0n) is 16.0. The van der Waals surface area contributed by atoms with Gasteiger partial charge in [0.2, 0.25) is 0 Å². The van der Waals surface area contributed by atoms with Crippen molar-refractivity contribution in [1.29, 1.82) is 0 Å². The quantitative estimate of drug-likeness (QED) is 0.359. The van der Waals surface area contributed by atoms with Crippen LogP contribution in [0.1, 0.15) is 31.6 Å². The second-order valence-electron chi connectivity index (χ2n) is 6.71. The molecular formula is C18H34IN5S. The lowest BCUT2D eigenvalue weighted by atomic mass is 10.1. The predicted molar refractivity (Wildman–Crippen MR) is 121 cm³/mol. The minimum absolute atomic E-state index is 0. The first kappa shape index (κ1) is 22.7. The van der Waals surface area contributed by atoms with Crippen LogP contribution in [0.5, 0.6) is 0 Å². The van der Waals surface area contributed by atoms with Crippen LogP contribution in [0.25, 0.3) is 0 Å². The molecule has 1 aromatic rings. The lowest BCUT2D eigenvalue weighted by molar-refractivity contribution is 0.122. The Labute approximate surface area is 174 Å². The van der Waals surface area contributed by atoms with Gasteiger partial charge in [-0.15, -0.1) is 35.3 Å². The number of guanidine groups is 1. The molecule has 1 aromatic heterocycles. The molecule has 1 saturated heterocycles. The molecule has 0 spiro atoms. The number of halogens is 1. The third-order valence-corrected chi connectivity index (χ3v) is 5.73. The molecule has 5 nitrogen and oxygen atoms in total. The molecule has 0 bridgehead atoms. The Kier molecular flexibility index (Phi) is 11.0. The summed E-state index contributed by atoms with van der Waals surface area (Å²) in [6, 6.07) is 4.81. The van der Waals surface area contributed by atoms with E-state index in [9.17, 15) is 0 Å². The number of nitrogens with zero attached hydrogens (tertiary/aromatic N) is 3. The molecule has 0 aliphatic carbocycles. The van der Waals surface area contributed by atoms with E-state index in [4.69, 9.17) is 4.99 Å². The minimum atomic E-state index is 0. The summed E-state index contributed by atoms with van der Waals surface area (Å²) in [5, 5.41) is 9.00. The maximum Gasteiger partial charge on any atom is 0.191 e. The van der Waals surface area contributed by atoms with Crippen molar-refractivity contribution in [3.63, 3.8) is 0 Å². The lowest BCUT2D eigenvalue weighted by Crippen LogP contribution is -2.49. The highest BCUT2D eigenvalue weighted by Crippen LogP contribution is 2.19. The Bertz CT molecular complexity index is 486. The third kappa shape index (κ3) is 7.80. The Morgan fingerprint density at radius 1 is 1.24 bits per heavy atom. The van der Waals surface area contributed by atoms with Crippen LogP contribution >= 0.6 is 35.3 Å². The van der Waals surface area contributed by atoms with Crippen LogP contribution in [-0.2, 0) is 0 Å². The van der Waals surface area contributed by atoms with Crippen LogP contribution in [0.4, 0.5) is 0 Å². The van der Waals surface area contributed by atoms with E-state index in [1.165, 1.54) is 4.88 Å². The third-order valence-electron chi connectivity index (χ3n) is 4.62. The standard InChI is InChI=1S/C18H33N5S.HI/c1-5-19-18(20-13-15(2)17-7-6-12-24-17)21-14-16(3)23-10-8-22(4)9-11-23;/h6-7,12,15-16H,5,8-11,13-14H2,1-4H3,(H2,19,20,21);1H. The fourth-order valence-corrected chi connectivity index (χ4v) is 3.65. The topological polar surface area (TPSA) is 42.9 Å². The zero-order valence-corrected chi connectivity index (χ0v) is 19.1. The van der Waals surface area contributed by atoms with Gasteiger partial charge in [0.15, 0.2) is 5.96 Å². The Hall–Kier alpha value is -0.380. The van der Waals surface area contributed by atoms with E-state index in [1.54, 1.807) is 0 Å². The van der Waals surface area contributed by atoms with Crippen molar-refractivity contribution in [3.05, 3.63) is 22.4 Å². The van der Waals surface area contributed by atoms with E-state index in [-0.39, 0.29) is 24.0 Å². The van der Waals surface area contributed by atoms with E-state index >= 15 is 0 Å². The second-order valence-corrected chi connectivity index (χ2v) is 7.68. The van der Waals surface area contributed by atoms with Crippen molar-refractivity contribution in [2.75, 3.05) is 52.9 Å². The summed E-state index contributed by atoms with van der Waals surface area (Å²) < 4.78 is 0. The highest BCUT2D eigenvalue weighted by molar-refractivity contribution is 14.0. The SMILES string of the molecule is CCNC(=NCC(C)N1CCN(C)CC1)NCC(C)c1cccs1.I. The molecule has 1 aliphatic heterocycles. The average Bonchev–Trinajstić information content (AvgIpc) is 3.12. The van der Waals surface area contributed by atoms with E-state index < -0.39 is 0 Å². The molecule has 144 valence electrons. The normalized spacial score (nSPS) is 19.1. The van der Waals surface area contributed by atoms with Crippen molar-refractivity contribution < 1.29 is 0 Å². The monoisotopic (exact) mass is 479 g/mol. The predicted octanol–water partition coefficient (Wildman–Crippen LogP) is 2.66. The van der Waals surface area contributed by atoms with Crippen LogP contribution in [-0.4, -0.2) is 74.7 Å². The molecule has 1 fully saturated rings. The molecule has 7 heteroatoms. The Morgan fingerprint density at radius 2 is 1.96 bits per heavy atom. The van der Waals surface area contributed by atoms with E-state index in [2.05, 4.69) is 65.8 Å². The molecule has 1 aliphatic rings. The van der Waals surface area contributed by atoms with Crippen molar-refractivity contribution in [1.82, 2.24) is 20.4 Å². The van der Waals surface area contributed by atoms with Gasteiger partial charge in [0.25, 0.3) is 0 Å². The molecule has 0 radical (unpaired) electrons. The average molecular weight is 479 g/mol. The van der Waals surface area contributed by atoms with Gasteiger partial charge in [-0.2, -0.15) is 0 Å². The fourth-order valence-electron chi connectivity index (χ4n) is 2.87. The summed E-state index contributed by atoms with van der Waals surface area (Å²) in [6.07, 6.45) is 0. The van der Waals surface area contributed by atoms with E-state index in [0.29, 0.717) is 12.0 Å². The van der Waals surface area contributed by atoms with Crippen molar-refractivity contribution in [2.45, 2.75) is 32.7 Å². The zero-order chi connectivity index (χ0) is 17.4. The first-order chi connectivity index (χ1) is 11.6. The second kappa shape index (κ2) is 12.1. The largest absolute Gasteiger partial charge is 0.357 e. The van der Waals surface area contributed by atoms with Gasteiger partial charge in [0, 0.05) is 56.1 Å². The van der Waals surface area contributed by atoms with Gasteiger partial charge in [0.05, 0.1) is 6.54 Å². The molecule has 2 unspecified atom stereocenters. The number of likely N-dealkylation sites (N-methyl/N-ethyl adjacent to an activating group) is 1. The maximum atomic E-state index is 4.80. The Morgan fingerprint density at radius 3 is 2.56 bits per heavy atom. The first-order valence-electron chi connectivity index (χ1n) is 9.08. The number of hydrogen-bond acceptors (Lipinski definition) is 4. The van der Waals surface area contributed by atoms with Gasteiger partial charge >= 0.3 is 0 Å². The molecule has 2 heterocycles. The highest BCUT2D eigenvalue weighted by Gasteiger charge is 2.18. The fraction of sp³-hybridized carbons (Fsp3) is 0.722. The van der Waals surface area contributed by atoms with Gasteiger partial charge in [-0.1, -0.05) is 13.0 Å². The summed E-state index contributed by atoms with van der Waals surface area (Å²) in [6.45, 7) is 13.9. The van der Waals surface area contributed by atoms with Gasteiger partial charge in [-0.25, -0.2) is 0 Å². The lowest BCUT2D eigenvalue weighted by Gasteiger charge is -2.35. The number of rotatable bonds is 7. The molecule has 25 heavy (non-hydrogen) atoms. The minimum Gasteiger partial charge on any atom is -0.357 e. The Balaban J connectivity index is 0.00000312. The van der Waals surface area contributed by atoms with Crippen LogP contribution in [0.3, 0.4) is 0 Å². The number of nitrogens with one attached hydrogen (secondary N) is 2. The van der Waals surface area contributed by atoms with Crippen molar-refractivity contribution >= 4 is 41.3 Å². The van der Waals surface area contributed by atoms with Gasteiger partial charge in [-0.05, 0) is 32.3 Å². The first-order valence-corrected chi connectivity index (χ1v) is 9.96. The molecule has 2 rings (SSSR count). The van der Waals surface area contributed by atoms with Gasteiger partial charge < -0.3 is 15.5 Å². The molecule has 0 amide bonds. The smallest absolute Gasteiger partial charge is 0.191 e. The molecule has 2 N–H and O–H groups in total. The van der Waals surface area contributed by atoms with Crippen LogP contribution in [0.15, 0.2) is 22.5 Å². The van der Waals surface area contributed by atoms with Crippen LogP contribution in [0, 0.1) is 0 Å². The summed E-state index contributed by atoms with van der Waals surface area (Å²) in [5.41, 5.74) is 0. The summed E-state index contributed by atoms with van der Waals surface area (Å²) in [5.74, 6) is 1.44. The number of aliphatic imine (C=N–C) groups is 1. The summed E-state index contributed by atoms with van der Waals surface area (Å²) in [7, 11) is 2.20. The van der Waals surface area contributed by atoms with E-state index in [0.717, 1.165) is 51.8 Å². The van der Waals surface area contributed by atoms with Gasteiger partial charge in [-0.3, -0.25) is 9.89 Å². The summed E-state index contributed by atoms with van der Waals surface area (Å²) in [4.78, 5) is 11.2. The van der Waals surface area contributed by atoms with E-state index in [1.807, 2.05) is 11.3 Å². The summed E-state index contributed by atoms with van der Waals surface area (Å²) >= 11 is 1.82. The van der Waals surface area contributed by atoms with Crippen LogP contribution in [0.2, 0.25) is 0 Å². The van der Waals surface area contributed by atoms with Crippen molar-refractivity contribution in [2.24, 2.45) is 4.99 Å². The molecule has 0 aromatic carbocycles. The van der Waals surface area contributed by atoms with Crippen LogP contribution < -0.4 is 10.6 Å². The number of thiophene rings is 1. The highest BCUT2D eigenvalue weighted by atomic mass is 127. The van der Waals surface area contributed by atoms with Gasteiger partial charge in [0.1, 0.15) is 0 Å². The number of hydrogen-bond donors (Lipinski definition) is 2. The van der Waals surface area contributed by atoms with Crippen molar-refractivity contribution in [3.8, 4) is 0 Å². The molecule has 0 saturated carbocycles.